The topological polar surface area (TPSA) is 98.5 Å². The van der Waals surface area contributed by atoms with Crippen molar-refractivity contribution in [3.05, 3.63) is 63.7 Å². The zero-order chi connectivity index (χ0) is 18.4. The second-order valence-electron chi connectivity index (χ2n) is 5.08. The number of nitrogens with zero attached hydrogens (tertiary/aromatic N) is 1. The molecule has 0 aliphatic heterocycles. The van der Waals surface area contributed by atoms with Crippen LogP contribution in [0.3, 0.4) is 0 Å². The van der Waals surface area contributed by atoms with E-state index < -0.39 is 23.4 Å². The fourth-order valence-corrected chi connectivity index (χ4v) is 2.63. The molecule has 0 spiro atoms. The lowest BCUT2D eigenvalue weighted by atomic mass is 10.1. The lowest BCUT2D eigenvalue weighted by molar-refractivity contribution is -0.385. The van der Waals surface area contributed by atoms with Crippen LogP contribution in [0.2, 0.25) is 0 Å². The Bertz CT molecular complexity index is 822. The van der Waals surface area contributed by atoms with E-state index in [1.165, 1.54) is 36.9 Å². The monoisotopic (exact) mass is 360 g/mol. The van der Waals surface area contributed by atoms with Gasteiger partial charge >= 0.3 is 5.97 Å². The third-order valence-corrected chi connectivity index (χ3v) is 4.05. The van der Waals surface area contributed by atoms with Crippen LogP contribution >= 0.6 is 11.8 Å². The summed E-state index contributed by atoms with van der Waals surface area (Å²) < 4.78 is 4.90. The molecule has 0 saturated carbocycles. The number of para-hydroxylation sites is 1. The zero-order valence-corrected chi connectivity index (χ0v) is 14.5. The summed E-state index contributed by atoms with van der Waals surface area (Å²) in [4.78, 5) is 35.4. The second-order valence-corrected chi connectivity index (χ2v) is 5.96. The number of hydrogen-bond donors (Lipinski definition) is 1. The number of anilines is 1. The Morgan fingerprint density at radius 2 is 1.96 bits per heavy atom. The number of amides is 1. The van der Waals surface area contributed by atoms with E-state index >= 15 is 0 Å². The predicted molar refractivity (Wildman–Crippen MR) is 95.0 cm³/mol. The number of ether oxygens (including phenoxy) is 1. The van der Waals surface area contributed by atoms with Crippen LogP contribution in [-0.2, 0) is 9.53 Å². The lowest BCUT2D eigenvalue weighted by Crippen LogP contribution is -2.21. The van der Waals surface area contributed by atoms with Gasteiger partial charge in [-0.1, -0.05) is 18.2 Å². The highest BCUT2D eigenvalue weighted by Crippen LogP contribution is 2.24. The summed E-state index contributed by atoms with van der Waals surface area (Å²) in [5.74, 6) is -1.44. The maximum atomic E-state index is 12.1. The molecule has 2 aromatic carbocycles. The quantitative estimate of drug-likeness (QED) is 0.367. The molecule has 0 fully saturated rings. The summed E-state index contributed by atoms with van der Waals surface area (Å²) in [6.07, 6.45) is 1.91. The molecule has 130 valence electrons. The smallest absolute Gasteiger partial charge is 0.345 e. The molecule has 0 heterocycles. The first-order chi connectivity index (χ1) is 11.9. The first kappa shape index (κ1) is 18.5. The number of carbonyl (C=O) groups excluding carboxylic acids is 2. The molecule has 0 aliphatic rings. The van der Waals surface area contributed by atoms with Crippen LogP contribution in [0.1, 0.15) is 15.9 Å². The van der Waals surface area contributed by atoms with Gasteiger partial charge < -0.3 is 10.1 Å². The first-order valence-electron chi connectivity index (χ1n) is 7.27. The minimum Gasteiger partial charge on any atom is -0.452 e. The zero-order valence-electron chi connectivity index (χ0n) is 13.6. The number of esters is 1. The van der Waals surface area contributed by atoms with Crippen molar-refractivity contribution in [2.45, 2.75) is 11.8 Å². The minimum atomic E-state index is -0.914. The number of hydrogen-bond acceptors (Lipinski definition) is 6. The molecular formula is C17H16N2O5S. The molecule has 0 atom stereocenters. The molecule has 0 bridgehead atoms. The van der Waals surface area contributed by atoms with Crippen molar-refractivity contribution in [1.82, 2.24) is 0 Å². The van der Waals surface area contributed by atoms with Gasteiger partial charge in [-0.15, -0.1) is 11.8 Å². The number of nitro benzene ring substituents is 1. The molecule has 1 amide bonds. The molecule has 2 rings (SSSR count). The van der Waals surface area contributed by atoms with E-state index in [9.17, 15) is 19.7 Å². The molecule has 2 aromatic rings. The van der Waals surface area contributed by atoms with E-state index in [2.05, 4.69) is 5.32 Å². The maximum absolute atomic E-state index is 12.1. The van der Waals surface area contributed by atoms with E-state index in [4.69, 9.17) is 4.74 Å². The van der Waals surface area contributed by atoms with Crippen LogP contribution in [0.5, 0.6) is 0 Å². The van der Waals surface area contributed by atoms with Crippen molar-refractivity contribution in [2.75, 3.05) is 18.2 Å². The van der Waals surface area contributed by atoms with Crippen molar-refractivity contribution in [2.24, 2.45) is 0 Å². The molecule has 7 nitrogen and oxygen atoms in total. The van der Waals surface area contributed by atoms with E-state index in [0.29, 0.717) is 11.3 Å². The van der Waals surface area contributed by atoms with Crippen LogP contribution in [0, 0.1) is 17.0 Å². The summed E-state index contributed by atoms with van der Waals surface area (Å²) in [5, 5.41) is 13.7. The molecule has 25 heavy (non-hydrogen) atoms. The molecule has 8 heteroatoms. The molecule has 0 saturated heterocycles. The van der Waals surface area contributed by atoms with Gasteiger partial charge in [0.15, 0.2) is 6.61 Å². The number of aryl methyl sites for hydroxylation is 1. The van der Waals surface area contributed by atoms with Gasteiger partial charge in [-0.05, 0) is 37.4 Å². The van der Waals surface area contributed by atoms with Gasteiger partial charge in [0.1, 0.15) is 5.56 Å². The lowest BCUT2D eigenvalue weighted by Gasteiger charge is -2.08. The molecule has 0 aliphatic carbocycles. The van der Waals surface area contributed by atoms with Gasteiger partial charge in [0.05, 0.1) is 4.92 Å². The summed E-state index contributed by atoms with van der Waals surface area (Å²) >= 11 is 1.53. The molecule has 0 radical (unpaired) electrons. The number of rotatable bonds is 6. The largest absolute Gasteiger partial charge is 0.452 e. The second kappa shape index (κ2) is 8.29. The Kier molecular flexibility index (Phi) is 6.13. The summed E-state index contributed by atoms with van der Waals surface area (Å²) in [5.41, 5.74) is 0.426. The van der Waals surface area contributed by atoms with Gasteiger partial charge in [-0.25, -0.2) is 4.79 Å². The average molecular weight is 360 g/mol. The van der Waals surface area contributed by atoms with Crippen molar-refractivity contribution >= 4 is 35.0 Å². The van der Waals surface area contributed by atoms with Crippen molar-refractivity contribution in [3.63, 3.8) is 0 Å². The van der Waals surface area contributed by atoms with Gasteiger partial charge in [0.25, 0.3) is 11.6 Å². The van der Waals surface area contributed by atoms with Gasteiger partial charge in [0, 0.05) is 16.1 Å². The number of thioether (sulfide) groups is 1. The van der Waals surface area contributed by atoms with Crippen LogP contribution < -0.4 is 5.32 Å². The minimum absolute atomic E-state index is 0.179. The standard InChI is InChI=1S/C17H16N2O5S/c1-11-5-3-8-14(16(11)19(22)23)17(21)24-10-15(20)18-12-6-4-7-13(9-12)25-2/h3-9H,10H2,1-2H3,(H,18,20). The predicted octanol–water partition coefficient (Wildman–Crippen LogP) is 3.42. The summed E-state index contributed by atoms with van der Waals surface area (Å²) in [7, 11) is 0. The fourth-order valence-electron chi connectivity index (χ4n) is 2.17. The molecular weight excluding hydrogens is 344 g/mol. The Morgan fingerprint density at radius 3 is 2.64 bits per heavy atom. The summed E-state index contributed by atoms with van der Waals surface area (Å²) in [6, 6.07) is 11.5. The Morgan fingerprint density at radius 1 is 1.24 bits per heavy atom. The van der Waals surface area contributed by atoms with Crippen molar-refractivity contribution < 1.29 is 19.2 Å². The van der Waals surface area contributed by atoms with E-state index in [1.807, 2.05) is 12.3 Å². The molecule has 0 unspecified atom stereocenters. The van der Waals surface area contributed by atoms with Crippen molar-refractivity contribution in [3.8, 4) is 0 Å². The van der Waals surface area contributed by atoms with Gasteiger partial charge in [-0.3, -0.25) is 14.9 Å². The van der Waals surface area contributed by atoms with Crippen molar-refractivity contribution in [1.29, 1.82) is 0 Å². The summed E-state index contributed by atoms with van der Waals surface area (Å²) in [6.45, 7) is 0.994. The molecule has 0 aromatic heterocycles. The Hall–Kier alpha value is -2.87. The highest BCUT2D eigenvalue weighted by atomic mass is 32.2. The normalized spacial score (nSPS) is 10.2. The van der Waals surface area contributed by atoms with E-state index in [1.54, 1.807) is 18.2 Å². The highest BCUT2D eigenvalue weighted by Gasteiger charge is 2.24. The number of nitro groups is 1. The number of benzene rings is 2. The van der Waals surface area contributed by atoms with Crippen LogP contribution in [0.15, 0.2) is 47.4 Å². The average Bonchev–Trinajstić information content (AvgIpc) is 2.59. The number of carbonyl (C=O) groups is 2. The Balaban J connectivity index is 2.01. The van der Waals surface area contributed by atoms with Crippen LogP contribution in [0.25, 0.3) is 0 Å². The maximum Gasteiger partial charge on any atom is 0.345 e. The van der Waals surface area contributed by atoms with Crippen LogP contribution in [-0.4, -0.2) is 29.7 Å². The number of nitrogens with one attached hydrogen (secondary N) is 1. The SMILES string of the molecule is CSc1cccc(NC(=O)COC(=O)c2cccc(C)c2[N+](=O)[O-])c1. The first-order valence-corrected chi connectivity index (χ1v) is 8.50. The van der Waals surface area contributed by atoms with E-state index in [-0.39, 0.29) is 11.3 Å². The van der Waals surface area contributed by atoms with E-state index in [0.717, 1.165) is 4.90 Å². The van der Waals surface area contributed by atoms with Gasteiger partial charge in [-0.2, -0.15) is 0 Å². The third kappa shape index (κ3) is 4.80. The fraction of sp³-hybridized carbons (Fsp3) is 0.176. The third-order valence-electron chi connectivity index (χ3n) is 3.33. The Labute approximate surface area is 148 Å². The highest BCUT2D eigenvalue weighted by molar-refractivity contribution is 7.98. The van der Waals surface area contributed by atoms with Gasteiger partial charge in [0.2, 0.25) is 0 Å². The van der Waals surface area contributed by atoms with Crippen LogP contribution in [0.4, 0.5) is 11.4 Å². The molecule has 1 N–H and O–H groups in total.